The molecule has 0 saturated carbocycles. The summed E-state index contributed by atoms with van der Waals surface area (Å²) >= 11 is 0. The van der Waals surface area contributed by atoms with E-state index < -0.39 is 0 Å². The normalized spacial score (nSPS) is 22.9. The molecule has 1 aromatic carbocycles. The van der Waals surface area contributed by atoms with Crippen LogP contribution in [-0.2, 0) is 4.74 Å². The van der Waals surface area contributed by atoms with Crippen molar-refractivity contribution in [3.63, 3.8) is 0 Å². The molecule has 1 saturated heterocycles. The lowest BCUT2D eigenvalue weighted by atomic mass is 10.0. The molecule has 1 aliphatic heterocycles. The molecule has 0 amide bonds. The van der Waals surface area contributed by atoms with Crippen molar-refractivity contribution in [2.24, 2.45) is 5.73 Å². The zero-order valence-electron chi connectivity index (χ0n) is 10.9. The Morgan fingerprint density at radius 3 is 2.11 bits per heavy atom. The molecule has 5 nitrogen and oxygen atoms in total. The van der Waals surface area contributed by atoms with Crippen molar-refractivity contribution in [3.8, 4) is 17.2 Å². The van der Waals surface area contributed by atoms with Gasteiger partial charge >= 0.3 is 0 Å². The van der Waals surface area contributed by atoms with Gasteiger partial charge in [0.2, 0.25) is 5.75 Å². The van der Waals surface area contributed by atoms with Crippen LogP contribution in [0.3, 0.4) is 0 Å². The second-order valence-electron chi connectivity index (χ2n) is 4.20. The van der Waals surface area contributed by atoms with E-state index in [1.165, 1.54) is 0 Å². The van der Waals surface area contributed by atoms with Crippen molar-refractivity contribution < 1.29 is 18.9 Å². The molecule has 1 heterocycles. The highest BCUT2D eigenvalue weighted by Gasteiger charge is 2.28. The molecule has 2 unspecified atom stereocenters. The molecule has 100 valence electrons. The fourth-order valence-electron chi connectivity index (χ4n) is 2.22. The fourth-order valence-corrected chi connectivity index (χ4v) is 2.22. The van der Waals surface area contributed by atoms with Crippen molar-refractivity contribution in [2.45, 2.75) is 18.6 Å². The first kappa shape index (κ1) is 13.0. The Balaban J connectivity index is 2.42. The van der Waals surface area contributed by atoms with Gasteiger partial charge in [0.1, 0.15) is 0 Å². The van der Waals surface area contributed by atoms with E-state index in [2.05, 4.69) is 0 Å². The summed E-state index contributed by atoms with van der Waals surface area (Å²) in [4.78, 5) is 0. The monoisotopic (exact) mass is 253 g/mol. The Hall–Kier alpha value is -1.46. The van der Waals surface area contributed by atoms with Gasteiger partial charge in [-0.25, -0.2) is 0 Å². The molecule has 0 radical (unpaired) electrons. The van der Waals surface area contributed by atoms with Crippen LogP contribution in [-0.4, -0.2) is 34.0 Å². The van der Waals surface area contributed by atoms with Crippen LogP contribution in [0.1, 0.15) is 18.1 Å². The van der Waals surface area contributed by atoms with Gasteiger partial charge < -0.3 is 24.7 Å². The zero-order valence-corrected chi connectivity index (χ0v) is 10.9. The first-order valence-corrected chi connectivity index (χ1v) is 5.88. The molecule has 2 N–H and O–H groups in total. The van der Waals surface area contributed by atoms with Crippen LogP contribution in [0.5, 0.6) is 17.2 Å². The van der Waals surface area contributed by atoms with Crippen LogP contribution in [0.2, 0.25) is 0 Å². The predicted molar refractivity (Wildman–Crippen MR) is 67.4 cm³/mol. The third-order valence-electron chi connectivity index (χ3n) is 3.15. The van der Waals surface area contributed by atoms with E-state index in [4.69, 9.17) is 24.7 Å². The minimum absolute atomic E-state index is 0.00723. The molecule has 1 fully saturated rings. The summed E-state index contributed by atoms with van der Waals surface area (Å²) in [5, 5.41) is 0. The highest BCUT2D eigenvalue weighted by molar-refractivity contribution is 5.54. The number of benzene rings is 1. The molecule has 0 aromatic heterocycles. The van der Waals surface area contributed by atoms with Crippen LogP contribution < -0.4 is 19.9 Å². The number of rotatable bonds is 4. The maximum atomic E-state index is 6.03. The molecule has 18 heavy (non-hydrogen) atoms. The van der Waals surface area contributed by atoms with Crippen LogP contribution >= 0.6 is 0 Å². The maximum Gasteiger partial charge on any atom is 0.203 e. The Morgan fingerprint density at radius 2 is 1.72 bits per heavy atom. The fraction of sp³-hybridized carbons (Fsp3) is 0.538. The van der Waals surface area contributed by atoms with E-state index >= 15 is 0 Å². The summed E-state index contributed by atoms with van der Waals surface area (Å²) in [7, 11) is 4.77. The Bertz CT molecular complexity index is 396. The predicted octanol–water partition coefficient (Wildman–Crippen LogP) is 1.50. The molecule has 0 bridgehead atoms. The van der Waals surface area contributed by atoms with Crippen molar-refractivity contribution in [1.82, 2.24) is 0 Å². The van der Waals surface area contributed by atoms with Crippen LogP contribution in [0, 0.1) is 0 Å². The van der Waals surface area contributed by atoms with E-state index in [1.807, 2.05) is 12.1 Å². The van der Waals surface area contributed by atoms with Crippen LogP contribution in [0.15, 0.2) is 12.1 Å². The molecular weight excluding hydrogens is 234 g/mol. The lowest BCUT2D eigenvalue weighted by Gasteiger charge is -2.19. The quantitative estimate of drug-likeness (QED) is 0.881. The summed E-state index contributed by atoms with van der Waals surface area (Å²) in [6.07, 6.45) is 0.750. The van der Waals surface area contributed by atoms with E-state index in [1.54, 1.807) is 21.3 Å². The standard InChI is InChI=1S/C13H19NO4/c1-15-10-6-8(12-9(14)4-5-18-12)7-11(16-2)13(10)17-3/h6-7,9,12H,4-5,14H2,1-3H3. The molecule has 5 heteroatoms. The lowest BCUT2D eigenvalue weighted by Crippen LogP contribution is -2.23. The molecule has 2 rings (SSSR count). The number of ether oxygens (including phenoxy) is 4. The van der Waals surface area contributed by atoms with Gasteiger partial charge in [-0.05, 0) is 24.1 Å². The molecule has 1 aliphatic rings. The average Bonchev–Trinajstić information content (AvgIpc) is 2.83. The van der Waals surface area contributed by atoms with E-state index in [9.17, 15) is 0 Å². The van der Waals surface area contributed by atoms with E-state index in [-0.39, 0.29) is 12.1 Å². The minimum Gasteiger partial charge on any atom is -0.493 e. The molecule has 1 aromatic rings. The van der Waals surface area contributed by atoms with Gasteiger partial charge in [-0.1, -0.05) is 0 Å². The Morgan fingerprint density at radius 1 is 1.11 bits per heavy atom. The molecule has 0 spiro atoms. The Kier molecular flexibility index (Phi) is 3.93. The summed E-state index contributed by atoms with van der Waals surface area (Å²) in [6, 6.07) is 3.78. The number of methoxy groups -OCH3 is 3. The summed E-state index contributed by atoms with van der Waals surface area (Å²) in [5.41, 5.74) is 6.98. The highest BCUT2D eigenvalue weighted by atomic mass is 16.5. The van der Waals surface area contributed by atoms with Gasteiger partial charge in [-0.2, -0.15) is 0 Å². The topological polar surface area (TPSA) is 62.9 Å². The lowest BCUT2D eigenvalue weighted by molar-refractivity contribution is 0.104. The maximum absolute atomic E-state index is 6.03. The van der Waals surface area contributed by atoms with Crippen molar-refractivity contribution >= 4 is 0 Å². The van der Waals surface area contributed by atoms with Gasteiger partial charge in [0.05, 0.1) is 27.4 Å². The van der Waals surface area contributed by atoms with Gasteiger partial charge in [-0.3, -0.25) is 0 Å². The minimum atomic E-state index is -0.112. The van der Waals surface area contributed by atoms with Crippen molar-refractivity contribution in [3.05, 3.63) is 17.7 Å². The van der Waals surface area contributed by atoms with E-state index in [0.717, 1.165) is 12.0 Å². The second kappa shape index (κ2) is 5.46. The summed E-state index contributed by atoms with van der Waals surface area (Å²) in [5.74, 6) is 1.82. The SMILES string of the molecule is COc1cc(C2OCCC2N)cc(OC)c1OC. The van der Waals surface area contributed by atoms with Gasteiger partial charge in [0.15, 0.2) is 11.5 Å². The van der Waals surface area contributed by atoms with Gasteiger partial charge in [0.25, 0.3) is 0 Å². The van der Waals surface area contributed by atoms with Gasteiger partial charge in [-0.15, -0.1) is 0 Å². The van der Waals surface area contributed by atoms with Crippen LogP contribution in [0.4, 0.5) is 0 Å². The smallest absolute Gasteiger partial charge is 0.203 e. The number of hydrogen-bond donors (Lipinski definition) is 1. The van der Waals surface area contributed by atoms with E-state index in [0.29, 0.717) is 23.9 Å². The highest BCUT2D eigenvalue weighted by Crippen LogP contribution is 2.41. The van der Waals surface area contributed by atoms with Gasteiger partial charge in [0, 0.05) is 12.6 Å². The summed E-state index contributed by atoms with van der Waals surface area (Å²) < 4.78 is 21.6. The van der Waals surface area contributed by atoms with Crippen molar-refractivity contribution in [2.75, 3.05) is 27.9 Å². The molecule has 0 aliphatic carbocycles. The average molecular weight is 253 g/mol. The Labute approximate surface area is 107 Å². The first-order valence-electron chi connectivity index (χ1n) is 5.88. The third-order valence-corrected chi connectivity index (χ3v) is 3.15. The summed E-state index contributed by atoms with van der Waals surface area (Å²) in [6.45, 7) is 0.683. The largest absolute Gasteiger partial charge is 0.493 e. The van der Waals surface area contributed by atoms with Crippen molar-refractivity contribution in [1.29, 1.82) is 0 Å². The second-order valence-corrected chi connectivity index (χ2v) is 4.20. The first-order chi connectivity index (χ1) is 8.71. The zero-order chi connectivity index (χ0) is 13.1. The number of nitrogens with two attached hydrogens (primary N) is 1. The number of hydrogen-bond acceptors (Lipinski definition) is 5. The molecule has 2 atom stereocenters. The van der Waals surface area contributed by atoms with Crippen LogP contribution in [0.25, 0.3) is 0 Å². The molecular formula is C13H19NO4. The third kappa shape index (κ3) is 2.23.